The van der Waals surface area contributed by atoms with Gasteiger partial charge in [0.2, 0.25) is 0 Å². The molecule has 2 aromatic heterocycles. The summed E-state index contributed by atoms with van der Waals surface area (Å²) in [5, 5.41) is 0.682. The molecule has 34 heavy (non-hydrogen) atoms. The van der Waals surface area contributed by atoms with E-state index in [0.29, 0.717) is 24.1 Å². The summed E-state index contributed by atoms with van der Waals surface area (Å²) < 4.78 is 14.2. The second-order valence-corrected chi connectivity index (χ2v) is 8.42. The predicted molar refractivity (Wildman–Crippen MR) is 135 cm³/mol. The second kappa shape index (κ2) is 9.98. The van der Waals surface area contributed by atoms with Crippen molar-refractivity contribution in [2.45, 2.75) is 19.8 Å². The first-order valence-electron chi connectivity index (χ1n) is 11.2. The van der Waals surface area contributed by atoms with Crippen LogP contribution in [-0.2, 0) is 6.42 Å². The summed E-state index contributed by atoms with van der Waals surface area (Å²) in [6.07, 6.45) is 5.10. The van der Waals surface area contributed by atoms with Crippen LogP contribution in [0.5, 0.6) is 5.75 Å². The molecule has 6 heteroatoms. The van der Waals surface area contributed by atoms with Crippen LogP contribution in [-0.4, -0.2) is 21.1 Å². The fourth-order valence-corrected chi connectivity index (χ4v) is 3.96. The van der Waals surface area contributed by atoms with Crippen LogP contribution in [0, 0.1) is 6.92 Å². The lowest BCUT2D eigenvalue weighted by molar-refractivity contribution is 0.304. The van der Waals surface area contributed by atoms with Gasteiger partial charge in [-0.05, 0) is 37.1 Å². The molecule has 0 bridgehead atoms. The van der Waals surface area contributed by atoms with Gasteiger partial charge < -0.3 is 9.15 Å². The lowest BCUT2D eigenvalue weighted by Gasteiger charge is -2.08. The number of hydrogen-bond donors (Lipinski definition) is 0. The van der Waals surface area contributed by atoms with Gasteiger partial charge in [-0.3, -0.25) is 4.57 Å². The molecule has 5 nitrogen and oxygen atoms in total. The second-order valence-electron chi connectivity index (χ2n) is 7.98. The fourth-order valence-electron chi connectivity index (χ4n) is 3.84. The van der Waals surface area contributed by atoms with Crippen molar-refractivity contribution >= 4 is 11.6 Å². The summed E-state index contributed by atoms with van der Waals surface area (Å²) in [5.41, 5.74) is 3.87. The maximum absolute atomic E-state index is 6.31. The normalized spacial score (nSPS) is 11.0. The molecule has 5 rings (SSSR count). The van der Waals surface area contributed by atoms with Crippen molar-refractivity contribution in [2.75, 3.05) is 6.61 Å². The van der Waals surface area contributed by atoms with Crippen LogP contribution in [0.2, 0.25) is 5.02 Å². The third kappa shape index (κ3) is 4.75. The summed E-state index contributed by atoms with van der Waals surface area (Å²) >= 11 is 6.11. The van der Waals surface area contributed by atoms with Crippen LogP contribution in [0.3, 0.4) is 0 Å². The molecule has 0 saturated carbocycles. The Morgan fingerprint density at radius 3 is 2.47 bits per heavy atom. The first-order valence-corrected chi connectivity index (χ1v) is 11.6. The largest absolute Gasteiger partial charge is 0.493 e. The summed E-state index contributed by atoms with van der Waals surface area (Å²) in [6.45, 7) is 2.63. The molecule has 0 aliphatic rings. The van der Waals surface area contributed by atoms with Gasteiger partial charge in [-0.15, -0.1) is 0 Å². The SMILES string of the molecule is Cc1ccccc1OCCCc1oc(-n2ccnc2-c2ccccc2)nc1-c1ccc(Cl)cc1. The Morgan fingerprint density at radius 2 is 1.68 bits per heavy atom. The molecule has 0 spiro atoms. The maximum atomic E-state index is 6.31. The zero-order valence-corrected chi connectivity index (χ0v) is 19.6. The number of aryl methyl sites for hydroxylation is 2. The highest BCUT2D eigenvalue weighted by atomic mass is 35.5. The maximum Gasteiger partial charge on any atom is 0.308 e. The Hall–Kier alpha value is -3.83. The van der Waals surface area contributed by atoms with E-state index in [1.165, 1.54) is 0 Å². The standard InChI is InChI=1S/C28H24ClN3O2/c1-20-8-5-6-11-24(20)33-19-7-12-25-26(21-13-15-23(29)16-14-21)31-28(34-25)32-18-17-30-27(32)22-9-3-2-4-10-22/h2-6,8-11,13-18H,7,12,19H2,1H3. The minimum Gasteiger partial charge on any atom is -0.493 e. The number of nitrogens with zero attached hydrogens (tertiary/aromatic N) is 3. The van der Waals surface area contributed by atoms with Crippen LogP contribution in [0.4, 0.5) is 0 Å². The predicted octanol–water partition coefficient (Wildman–Crippen LogP) is 7.17. The zero-order chi connectivity index (χ0) is 23.3. The topological polar surface area (TPSA) is 53.1 Å². The molecule has 0 radical (unpaired) electrons. The number of oxazole rings is 1. The minimum absolute atomic E-state index is 0.483. The van der Waals surface area contributed by atoms with Gasteiger partial charge in [0.25, 0.3) is 0 Å². The van der Waals surface area contributed by atoms with Gasteiger partial charge in [0.1, 0.15) is 23.0 Å². The zero-order valence-electron chi connectivity index (χ0n) is 18.8. The van der Waals surface area contributed by atoms with Crippen LogP contribution < -0.4 is 4.74 Å². The van der Waals surface area contributed by atoms with Gasteiger partial charge in [-0.2, -0.15) is 4.98 Å². The Labute approximate surface area is 203 Å². The number of para-hydroxylation sites is 1. The lowest BCUT2D eigenvalue weighted by atomic mass is 10.1. The van der Waals surface area contributed by atoms with Crippen molar-refractivity contribution in [3.8, 4) is 34.4 Å². The summed E-state index contributed by atoms with van der Waals surface area (Å²) in [6, 6.07) is 26.2. The van der Waals surface area contributed by atoms with Crippen molar-refractivity contribution in [3.63, 3.8) is 0 Å². The van der Waals surface area contributed by atoms with E-state index in [9.17, 15) is 0 Å². The highest BCUT2D eigenvalue weighted by molar-refractivity contribution is 6.30. The van der Waals surface area contributed by atoms with Crippen molar-refractivity contribution in [2.24, 2.45) is 0 Å². The molecule has 170 valence electrons. The van der Waals surface area contributed by atoms with Gasteiger partial charge in [0.05, 0.1) is 6.61 Å². The average molecular weight is 470 g/mol. The van der Waals surface area contributed by atoms with Gasteiger partial charge in [-0.25, -0.2) is 4.98 Å². The number of benzene rings is 3. The van der Waals surface area contributed by atoms with Crippen LogP contribution in [0.1, 0.15) is 17.7 Å². The van der Waals surface area contributed by atoms with E-state index >= 15 is 0 Å². The van der Waals surface area contributed by atoms with Crippen molar-refractivity contribution in [3.05, 3.63) is 108 Å². The Morgan fingerprint density at radius 1 is 0.912 bits per heavy atom. The fraction of sp³-hybridized carbons (Fsp3) is 0.143. The molecule has 3 aromatic carbocycles. The molecular formula is C28H24ClN3O2. The molecule has 5 aromatic rings. The molecule has 0 saturated heterocycles. The lowest BCUT2D eigenvalue weighted by Crippen LogP contribution is -2.00. The summed E-state index contributed by atoms with van der Waals surface area (Å²) in [4.78, 5) is 9.39. The number of rotatable bonds is 8. The number of halogens is 1. The van der Waals surface area contributed by atoms with E-state index in [2.05, 4.69) is 4.98 Å². The van der Waals surface area contributed by atoms with Crippen molar-refractivity contribution in [1.29, 1.82) is 0 Å². The van der Waals surface area contributed by atoms with Crippen molar-refractivity contribution in [1.82, 2.24) is 14.5 Å². The average Bonchev–Trinajstić information content (AvgIpc) is 3.51. The smallest absolute Gasteiger partial charge is 0.308 e. The van der Waals surface area contributed by atoms with Crippen molar-refractivity contribution < 1.29 is 9.15 Å². The van der Waals surface area contributed by atoms with Crippen LogP contribution >= 0.6 is 11.6 Å². The van der Waals surface area contributed by atoms with E-state index in [1.807, 2.05) is 96.6 Å². The van der Waals surface area contributed by atoms with Gasteiger partial charge in [0, 0.05) is 35.0 Å². The third-order valence-electron chi connectivity index (χ3n) is 5.58. The number of aromatic nitrogens is 3. The van der Waals surface area contributed by atoms with E-state index in [-0.39, 0.29) is 0 Å². The van der Waals surface area contributed by atoms with Gasteiger partial charge in [0.15, 0.2) is 0 Å². The monoisotopic (exact) mass is 469 g/mol. The Bertz CT molecular complexity index is 1370. The number of ether oxygens (including phenoxy) is 1. The van der Waals surface area contributed by atoms with E-state index in [1.54, 1.807) is 6.20 Å². The first-order chi connectivity index (χ1) is 16.7. The molecule has 0 atom stereocenters. The minimum atomic E-state index is 0.483. The van der Waals surface area contributed by atoms with E-state index in [4.69, 9.17) is 25.7 Å². The molecule has 0 N–H and O–H groups in total. The molecule has 0 amide bonds. The molecule has 0 unspecified atom stereocenters. The van der Waals surface area contributed by atoms with Crippen LogP contribution in [0.25, 0.3) is 28.7 Å². The number of hydrogen-bond acceptors (Lipinski definition) is 4. The Kier molecular flexibility index (Phi) is 6.45. The Balaban J connectivity index is 1.42. The highest BCUT2D eigenvalue weighted by Gasteiger charge is 2.19. The quantitative estimate of drug-likeness (QED) is 0.226. The molecule has 2 heterocycles. The van der Waals surface area contributed by atoms with E-state index in [0.717, 1.165) is 46.1 Å². The molecule has 0 aliphatic carbocycles. The molecular weight excluding hydrogens is 446 g/mol. The first kappa shape index (κ1) is 22.0. The molecule has 0 aliphatic heterocycles. The number of imidazole rings is 1. The summed E-state index contributed by atoms with van der Waals surface area (Å²) in [7, 11) is 0. The molecule has 0 fully saturated rings. The third-order valence-corrected chi connectivity index (χ3v) is 5.83. The van der Waals surface area contributed by atoms with E-state index < -0.39 is 0 Å². The summed E-state index contributed by atoms with van der Waals surface area (Å²) in [5.74, 6) is 2.49. The van der Waals surface area contributed by atoms with Gasteiger partial charge in [-0.1, -0.05) is 72.3 Å². The highest BCUT2D eigenvalue weighted by Crippen LogP contribution is 2.30. The van der Waals surface area contributed by atoms with Gasteiger partial charge >= 0.3 is 6.01 Å². The van der Waals surface area contributed by atoms with Crippen LogP contribution in [0.15, 0.2) is 95.7 Å².